The average Bonchev–Trinajstić information content (AvgIpc) is 2.49. The molecule has 5 heteroatoms. The summed E-state index contributed by atoms with van der Waals surface area (Å²) in [5.41, 5.74) is -0.508. The fraction of sp³-hybridized carbons (Fsp3) is 0.895. The summed E-state index contributed by atoms with van der Waals surface area (Å²) in [5, 5.41) is 12.5. The summed E-state index contributed by atoms with van der Waals surface area (Å²) in [6, 6.07) is 0. The molecule has 0 amide bonds. The van der Waals surface area contributed by atoms with E-state index in [0.29, 0.717) is 19.5 Å². The van der Waals surface area contributed by atoms with Crippen LogP contribution in [0, 0.1) is 17.8 Å². The average molecular weight is 341 g/mol. The number of carboxylic acid groups (broad SMARTS) is 1. The van der Waals surface area contributed by atoms with E-state index >= 15 is 0 Å². The summed E-state index contributed by atoms with van der Waals surface area (Å²) in [6.07, 6.45) is 7.08. The first kappa shape index (κ1) is 20.9. The second-order valence-electron chi connectivity index (χ2n) is 8.03. The number of aliphatic carboxylic acids is 1. The van der Waals surface area contributed by atoms with Crippen LogP contribution in [-0.4, -0.2) is 35.7 Å². The van der Waals surface area contributed by atoms with E-state index in [4.69, 9.17) is 4.74 Å². The van der Waals surface area contributed by atoms with Gasteiger partial charge in [0.25, 0.3) is 0 Å². The minimum absolute atomic E-state index is 0.0425. The van der Waals surface area contributed by atoms with Crippen molar-refractivity contribution in [2.45, 2.75) is 78.2 Å². The molecule has 5 nitrogen and oxygen atoms in total. The predicted octanol–water partition coefficient (Wildman–Crippen LogP) is 3.62. The van der Waals surface area contributed by atoms with Crippen LogP contribution in [0.2, 0.25) is 0 Å². The van der Waals surface area contributed by atoms with Gasteiger partial charge in [-0.15, -0.1) is 0 Å². The number of carbonyl (C=O) groups excluding carboxylic acids is 1. The molecule has 0 saturated carbocycles. The van der Waals surface area contributed by atoms with Crippen molar-refractivity contribution in [3.8, 4) is 0 Å². The van der Waals surface area contributed by atoms with Crippen molar-refractivity contribution in [3.05, 3.63) is 0 Å². The van der Waals surface area contributed by atoms with Gasteiger partial charge in [0.2, 0.25) is 0 Å². The molecule has 2 N–H and O–H groups in total. The first-order valence-corrected chi connectivity index (χ1v) is 9.41. The minimum Gasteiger partial charge on any atom is -0.481 e. The number of carboxylic acids is 1. The molecule has 1 rings (SSSR count). The van der Waals surface area contributed by atoms with E-state index in [1.165, 1.54) is 19.3 Å². The lowest BCUT2D eigenvalue weighted by atomic mass is 9.79. The zero-order chi connectivity index (χ0) is 18.2. The molecule has 1 heterocycles. The SMILES string of the molecule is CCCCCCCC(C(=O)OC(C)(C)C)C1CNCC(C(=O)O)C1. The van der Waals surface area contributed by atoms with Crippen LogP contribution in [0.4, 0.5) is 0 Å². The third kappa shape index (κ3) is 7.65. The molecule has 0 bridgehead atoms. The lowest BCUT2D eigenvalue weighted by Gasteiger charge is -2.34. The molecule has 0 aromatic rings. The molecular formula is C19H35NO4. The van der Waals surface area contributed by atoms with Crippen LogP contribution in [0.5, 0.6) is 0 Å². The molecule has 1 aliphatic heterocycles. The summed E-state index contributed by atoms with van der Waals surface area (Å²) >= 11 is 0. The van der Waals surface area contributed by atoms with E-state index in [2.05, 4.69) is 12.2 Å². The third-order valence-electron chi connectivity index (χ3n) is 4.63. The van der Waals surface area contributed by atoms with Crippen LogP contribution in [0.3, 0.4) is 0 Å². The lowest BCUT2D eigenvalue weighted by molar-refractivity contribution is -0.163. The van der Waals surface area contributed by atoms with Crippen LogP contribution in [0.15, 0.2) is 0 Å². The number of unbranched alkanes of at least 4 members (excludes halogenated alkanes) is 4. The number of ether oxygens (including phenoxy) is 1. The van der Waals surface area contributed by atoms with E-state index in [0.717, 1.165) is 19.3 Å². The smallest absolute Gasteiger partial charge is 0.309 e. The first-order valence-electron chi connectivity index (χ1n) is 9.41. The van der Waals surface area contributed by atoms with Crippen LogP contribution >= 0.6 is 0 Å². The van der Waals surface area contributed by atoms with E-state index in [-0.39, 0.29) is 17.8 Å². The predicted molar refractivity (Wildman–Crippen MR) is 94.8 cm³/mol. The second kappa shape index (κ2) is 10.0. The second-order valence-corrected chi connectivity index (χ2v) is 8.03. The summed E-state index contributed by atoms with van der Waals surface area (Å²) in [5.74, 6) is -1.52. The molecule has 0 spiro atoms. The number of hydrogen-bond donors (Lipinski definition) is 2. The van der Waals surface area contributed by atoms with Crippen LogP contribution in [0.1, 0.15) is 72.6 Å². The van der Waals surface area contributed by atoms with Gasteiger partial charge in [-0.2, -0.15) is 0 Å². The molecule has 3 atom stereocenters. The van der Waals surface area contributed by atoms with Crippen LogP contribution < -0.4 is 5.32 Å². The van der Waals surface area contributed by atoms with Gasteiger partial charge < -0.3 is 15.2 Å². The van der Waals surface area contributed by atoms with E-state index < -0.39 is 17.5 Å². The van der Waals surface area contributed by atoms with E-state index in [1.807, 2.05) is 20.8 Å². The molecule has 1 fully saturated rings. The van der Waals surface area contributed by atoms with Gasteiger partial charge in [0, 0.05) is 6.54 Å². The third-order valence-corrected chi connectivity index (χ3v) is 4.63. The Hall–Kier alpha value is -1.10. The molecule has 3 unspecified atom stereocenters. The number of piperidine rings is 1. The number of carbonyl (C=O) groups is 2. The van der Waals surface area contributed by atoms with Crippen molar-refractivity contribution in [1.82, 2.24) is 5.32 Å². The van der Waals surface area contributed by atoms with Crippen LogP contribution in [0.25, 0.3) is 0 Å². The van der Waals surface area contributed by atoms with Crippen molar-refractivity contribution in [2.24, 2.45) is 17.8 Å². The molecule has 1 aliphatic rings. The van der Waals surface area contributed by atoms with Gasteiger partial charge in [-0.05, 0) is 46.1 Å². The molecule has 0 aromatic carbocycles. The largest absolute Gasteiger partial charge is 0.481 e. The van der Waals surface area contributed by atoms with E-state index in [9.17, 15) is 14.7 Å². The monoisotopic (exact) mass is 341 g/mol. The zero-order valence-electron chi connectivity index (χ0n) is 15.8. The van der Waals surface area contributed by atoms with Gasteiger partial charge in [-0.3, -0.25) is 9.59 Å². The van der Waals surface area contributed by atoms with Gasteiger partial charge in [-0.1, -0.05) is 39.0 Å². The Labute approximate surface area is 146 Å². The molecule has 0 aromatic heterocycles. The summed E-state index contributed by atoms with van der Waals surface area (Å²) in [7, 11) is 0. The minimum atomic E-state index is -0.780. The highest BCUT2D eigenvalue weighted by Crippen LogP contribution is 2.30. The topological polar surface area (TPSA) is 75.6 Å². The Kier molecular flexibility index (Phi) is 8.74. The molecular weight excluding hydrogens is 306 g/mol. The Balaban J connectivity index is 2.68. The first-order chi connectivity index (χ1) is 11.2. The Morgan fingerprint density at radius 1 is 1.17 bits per heavy atom. The Morgan fingerprint density at radius 2 is 1.83 bits per heavy atom. The fourth-order valence-electron chi connectivity index (χ4n) is 3.36. The zero-order valence-corrected chi connectivity index (χ0v) is 15.8. The summed E-state index contributed by atoms with van der Waals surface area (Å²) in [4.78, 5) is 24.0. The van der Waals surface area contributed by atoms with E-state index in [1.54, 1.807) is 0 Å². The van der Waals surface area contributed by atoms with Crippen molar-refractivity contribution < 1.29 is 19.4 Å². The van der Waals surface area contributed by atoms with Crippen molar-refractivity contribution >= 4 is 11.9 Å². The van der Waals surface area contributed by atoms with Crippen molar-refractivity contribution in [3.63, 3.8) is 0 Å². The Morgan fingerprint density at radius 3 is 2.42 bits per heavy atom. The number of esters is 1. The lowest BCUT2D eigenvalue weighted by Crippen LogP contribution is -2.45. The highest BCUT2D eigenvalue weighted by Gasteiger charge is 2.36. The maximum Gasteiger partial charge on any atom is 0.309 e. The maximum absolute atomic E-state index is 12.7. The normalized spacial score (nSPS) is 22.8. The molecule has 0 aliphatic carbocycles. The van der Waals surface area contributed by atoms with Gasteiger partial charge in [0.1, 0.15) is 5.60 Å². The molecule has 24 heavy (non-hydrogen) atoms. The quantitative estimate of drug-likeness (QED) is 0.495. The highest BCUT2D eigenvalue weighted by atomic mass is 16.6. The van der Waals surface area contributed by atoms with Crippen LogP contribution in [-0.2, 0) is 14.3 Å². The van der Waals surface area contributed by atoms with Gasteiger partial charge >= 0.3 is 11.9 Å². The number of nitrogens with one attached hydrogen (secondary N) is 1. The van der Waals surface area contributed by atoms with Crippen molar-refractivity contribution in [1.29, 1.82) is 0 Å². The Bertz CT molecular complexity index is 403. The standard InChI is InChI=1S/C19H35NO4/c1-5-6-7-8-9-10-16(18(23)24-19(2,3)4)14-11-15(17(21)22)13-20-12-14/h14-16,20H,5-13H2,1-4H3,(H,21,22). The van der Waals surface area contributed by atoms with Gasteiger partial charge in [-0.25, -0.2) is 0 Å². The number of hydrogen-bond acceptors (Lipinski definition) is 4. The molecule has 140 valence electrons. The molecule has 1 saturated heterocycles. The maximum atomic E-state index is 12.7. The van der Waals surface area contributed by atoms with Crippen molar-refractivity contribution in [2.75, 3.05) is 13.1 Å². The highest BCUT2D eigenvalue weighted by molar-refractivity contribution is 5.74. The van der Waals surface area contributed by atoms with Gasteiger partial charge in [0.15, 0.2) is 0 Å². The summed E-state index contributed by atoms with van der Waals surface area (Å²) in [6.45, 7) is 9.00. The summed E-state index contributed by atoms with van der Waals surface area (Å²) < 4.78 is 5.61. The number of rotatable bonds is 9. The fourth-order valence-corrected chi connectivity index (χ4v) is 3.36. The molecule has 0 radical (unpaired) electrons. The van der Waals surface area contributed by atoms with Gasteiger partial charge in [0.05, 0.1) is 11.8 Å².